The van der Waals surface area contributed by atoms with Gasteiger partial charge in [-0.2, -0.15) is 0 Å². The Hall–Kier alpha value is -1.07. The lowest BCUT2D eigenvalue weighted by Crippen LogP contribution is -2.51. The Morgan fingerprint density at radius 2 is 2.09 bits per heavy atom. The normalized spacial score (nSPS) is 27.3. The van der Waals surface area contributed by atoms with Crippen LogP contribution in [-0.2, 0) is 11.3 Å². The number of hydrogen-bond acceptors (Lipinski definition) is 2. The minimum atomic E-state index is -0.0892. The first-order valence-corrected chi connectivity index (χ1v) is 8.78. The Labute approximate surface area is 140 Å². The minimum Gasteiger partial charge on any atom is -0.373 e. The molecule has 4 nitrogen and oxygen atoms in total. The molecule has 1 heterocycles. The summed E-state index contributed by atoms with van der Waals surface area (Å²) in [5.74, 6) is 0. The number of nitrogens with zero attached hydrogens (tertiary/aromatic N) is 1. The highest BCUT2D eigenvalue weighted by Crippen LogP contribution is 2.41. The van der Waals surface area contributed by atoms with Crippen LogP contribution in [0.5, 0.6) is 0 Å². The van der Waals surface area contributed by atoms with Crippen molar-refractivity contribution in [1.29, 1.82) is 0 Å². The van der Waals surface area contributed by atoms with Gasteiger partial charge in [0.1, 0.15) is 0 Å². The maximum absolute atomic E-state index is 12.5. The fraction of sp³-hybridized carbons (Fsp3) is 0.588. The third-order valence-corrected chi connectivity index (χ3v) is 5.37. The predicted octanol–water partition coefficient (Wildman–Crippen LogP) is 3.69. The summed E-state index contributed by atoms with van der Waals surface area (Å²) in [6, 6.07) is 8.22. The second-order valence-corrected chi connectivity index (χ2v) is 7.31. The van der Waals surface area contributed by atoms with E-state index in [0.717, 1.165) is 48.7 Å². The zero-order valence-electron chi connectivity index (χ0n) is 13.0. The van der Waals surface area contributed by atoms with Crippen molar-refractivity contribution in [2.45, 2.75) is 50.3 Å². The molecule has 22 heavy (non-hydrogen) atoms. The average molecular weight is 367 g/mol. The van der Waals surface area contributed by atoms with Crippen LogP contribution in [0.4, 0.5) is 4.79 Å². The van der Waals surface area contributed by atoms with E-state index in [0.29, 0.717) is 6.54 Å². The van der Waals surface area contributed by atoms with Gasteiger partial charge in [-0.15, -0.1) is 0 Å². The van der Waals surface area contributed by atoms with Gasteiger partial charge in [0.15, 0.2) is 0 Å². The molecule has 0 aromatic heterocycles. The molecule has 1 aromatic carbocycles. The van der Waals surface area contributed by atoms with E-state index in [9.17, 15) is 4.79 Å². The first kappa shape index (κ1) is 15.8. The second kappa shape index (κ2) is 6.59. The monoisotopic (exact) mass is 366 g/mol. The topological polar surface area (TPSA) is 41.6 Å². The predicted molar refractivity (Wildman–Crippen MR) is 89.7 cm³/mol. The Balaban J connectivity index is 1.58. The molecule has 2 unspecified atom stereocenters. The van der Waals surface area contributed by atoms with Crippen molar-refractivity contribution in [3.8, 4) is 0 Å². The number of carbonyl (C=O) groups excluding carboxylic acids is 1. The molecule has 5 heteroatoms. The highest BCUT2D eigenvalue weighted by Gasteiger charge is 2.47. The van der Waals surface area contributed by atoms with Crippen LogP contribution < -0.4 is 5.32 Å². The van der Waals surface area contributed by atoms with E-state index in [-0.39, 0.29) is 17.7 Å². The van der Waals surface area contributed by atoms with Gasteiger partial charge in [-0.25, -0.2) is 4.79 Å². The zero-order valence-corrected chi connectivity index (χ0v) is 14.6. The summed E-state index contributed by atoms with van der Waals surface area (Å²) in [7, 11) is 1.84. The third kappa shape index (κ3) is 3.30. The Kier molecular flexibility index (Phi) is 4.73. The molecule has 2 aliphatic rings. The second-order valence-electron chi connectivity index (χ2n) is 6.39. The maximum Gasteiger partial charge on any atom is 0.317 e. The standard InChI is InChI=1S/C17H23BrN2O2/c1-20(12-13-5-7-14(18)8-6-13)16(21)19-15-4-2-9-17(15)10-3-11-22-17/h5-8,15H,2-4,9-12H2,1H3,(H,19,21). The summed E-state index contributed by atoms with van der Waals surface area (Å²) >= 11 is 3.43. The number of ether oxygens (including phenoxy) is 1. The molecule has 1 aliphatic heterocycles. The van der Waals surface area contributed by atoms with Crippen LogP contribution in [0.25, 0.3) is 0 Å². The van der Waals surface area contributed by atoms with Gasteiger partial charge in [-0.3, -0.25) is 0 Å². The SMILES string of the molecule is CN(Cc1ccc(Br)cc1)C(=O)NC1CCCC12CCCO2. The van der Waals surface area contributed by atoms with Gasteiger partial charge in [0.2, 0.25) is 0 Å². The average Bonchev–Trinajstić information content (AvgIpc) is 3.13. The summed E-state index contributed by atoms with van der Waals surface area (Å²) < 4.78 is 7.04. The highest BCUT2D eigenvalue weighted by atomic mass is 79.9. The van der Waals surface area contributed by atoms with Crippen LogP contribution in [-0.4, -0.2) is 36.2 Å². The van der Waals surface area contributed by atoms with E-state index in [4.69, 9.17) is 4.74 Å². The lowest BCUT2D eigenvalue weighted by atomic mass is 9.94. The summed E-state index contributed by atoms with van der Waals surface area (Å²) in [6.45, 7) is 1.45. The summed E-state index contributed by atoms with van der Waals surface area (Å²) in [4.78, 5) is 14.2. The number of hydrogen-bond donors (Lipinski definition) is 1. The van der Waals surface area contributed by atoms with Crippen molar-refractivity contribution in [2.24, 2.45) is 0 Å². The molecular weight excluding hydrogens is 344 g/mol. The number of carbonyl (C=O) groups is 1. The largest absolute Gasteiger partial charge is 0.373 e. The minimum absolute atomic E-state index is 0.00954. The van der Waals surface area contributed by atoms with E-state index >= 15 is 0 Å². The Bertz CT molecular complexity index is 520. The summed E-state index contributed by atoms with van der Waals surface area (Å²) in [5.41, 5.74) is 1.03. The van der Waals surface area contributed by atoms with Gasteiger partial charge in [0.05, 0.1) is 11.6 Å². The first-order chi connectivity index (χ1) is 10.6. The number of rotatable bonds is 3. The molecule has 1 N–H and O–H groups in total. The Morgan fingerprint density at radius 1 is 1.36 bits per heavy atom. The molecule has 2 fully saturated rings. The fourth-order valence-corrected chi connectivity index (χ4v) is 3.90. The quantitative estimate of drug-likeness (QED) is 0.885. The van der Waals surface area contributed by atoms with Crippen LogP contribution in [0.1, 0.15) is 37.7 Å². The molecule has 1 aromatic rings. The van der Waals surface area contributed by atoms with Gasteiger partial charge in [0, 0.05) is 24.7 Å². The lowest BCUT2D eigenvalue weighted by molar-refractivity contribution is -0.00925. The van der Waals surface area contributed by atoms with E-state index in [2.05, 4.69) is 21.2 Å². The maximum atomic E-state index is 12.5. The Morgan fingerprint density at radius 3 is 2.77 bits per heavy atom. The molecule has 2 atom stereocenters. The number of benzene rings is 1. The molecule has 1 aliphatic carbocycles. The zero-order chi connectivity index (χ0) is 15.6. The van der Waals surface area contributed by atoms with Crippen molar-refractivity contribution in [3.63, 3.8) is 0 Å². The third-order valence-electron chi connectivity index (χ3n) is 4.84. The first-order valence-electron chi connectivity index (χ1n) is 7.99. The van der Waals surface area contributed by atoms with Gasteiger partial charge in [-0.05, 0) is 49.8 Å². The van der Waals surface area contributed by atoms with E-state index in [1.165, 1.54) is 0 Å². The van der Waals surface area contributed by atoms with E-state index in [1.807, 2.05) is 31.3 Å². The van der Waals surface area contributed by atoms with Gasteiger partial charge < -0.3 is 15.0 Å². The van der Waals surface area contributed by atoms with Crippen LogP contribution >= 0.6 is 15.9 Å². The van der Waals surface area contributed by atoms with Gasteiger partial charge in [0.25, 0.3) is 0 Å². The van der Waals surface area contributed by atoms with Crippen molar-refractivity contribution >= 4 is 22.0 Å². The van der Waals surface area contributed by atoms with Crippen LogP contribution in [0.15, 0.2) is 28.7 Å². The fourth-order valence-electron chi connectivity index (χ4n) is 3.63. The van der Waals surface area contributed by atoms with Crippen molar-refractivity contribution in [2.75, 3.05) is 13.7 Å². The molecule has 0 radical (unpaired) electrons. The molecule has 1 saturated heterocycles. The summed E-state index contributed by atoms with van der Waals surface area (Å²) in [5, 5.41) is 3.20. The molecule has 120 valence electrons. The molecule has 2 amide bonds. The summed E-state index contributed by atoms with van der Waals surface area (Å²) in [6.07, 6.45) is 5.43. The number of nitrogens with one attached hydrogen (secondary N) is 1. The van der Waals surface area contributed by atoms with Gasteiger partial charge >= 0.3 is 6.03 Å². The van der Waals surface area contributed by atoms with Crippen LogP contribution in [0, 0.1) is 0 Å². The van der Waals surface area contributed by atoms with E-state index < -0.39 is 0 Å². The number of amides is 2. The lowest BCUT2D eigenvalue weighted by Gasteiger charge is -2.32. The number of halogens is 1. The van der Waals surface area contributed by atoms with Crippen LogP contribution in [0.3, 0.4) is 0 Å². The van der Waals surface area contributed by atoms with Crippen molar-refractivity contribution in [3.05, 3.63) is 34.3 Å². The molecule has 1 saturated carbocycles. The molecule has 0 bridgehead atoms. The van der Waals surface area contributed by atoms with Crippen LogP contribution in [0.2, 0.25) is 0 Å². The van der Waals surface area contributed by atoms with Crippen molar-refractivity contribution in [1.82, 2.24) is 10.2 Å². The van der Waals surface area contributed by atoms with Crippen molar-refractivity contribution < 1.29 is 9.53 Å². The molecule has 1 spiro atoms. The number of urea groups is 1. The van der Waals surface area contributed by atoms with E-state index in [1.54, 1.807) is 4.90 Å². The highest BCUT2D eigenvalue weighted by molar-refractivity contribution is 9.10. The molecule has 3 rings (SSSR count). The molecular formula is C17H23BrN2O2. The van der Waals surface area contributed by atoms with Gasteiger partial charge in [-0.1, -0.05) is 28.1 Å². The smallest absolute Gasteiger partial charge is 0.317 e.